The van der Waals surface area contributed by atoms with Gasteiger partial charge >= 0.3 is 0 Å². The molecule has 0 aromatic carbocycles. The molecular formula is C14H25N3O. The fourth-order valence-electron chi connectivity index (χ4n) is 1.92. The molecule has 4 nitrogen and oxygen atoms in total. The summed E-state index contributed by atoms with van der Waals surface area (Å²) in [6, 6.07) is 0.124. The molecular weight excluding hydrogens is 226 g/mol. The summed E-state index contributed by atoms with van der Waals surface area (Å²) in [5, 5.41) is 3.06. The molecule has 0 radical (unpaired) electrons. The maximum absolute atomic E-state index is 12.0. The van der Waals surface area contributed by atoms with E-state index in [9.17, 15) is 4.79 Å². The van der Waals surface area contributed by atoms with Gasteiger partial charge in [0.05, 0.1) is 12.0 Å². The Morgan fingerprint density at radius 1 is 1.44 bits per heavy atom. The van der Waals surface area contributed by atoms with E-state index in [1.807, 2.05) is 31.7 Å². The number of aromatic nitrogens is 2. The largest absolute Gasteiger partial charge is 0.353 e. The van der Waals surface area contributed by atoms with Crippen molar-refractivity contribution in [2.24, 2.45) is 18.9 Å². The lowest BCUT2D eigenvalue weighted by Gasteiger charge is -2.20. The Hall–Kier alpha value is -1.32. The number of carbonyl (C=O) groups is 1. The van der Waals surface area contributed by atoms with Crippen LogP contribution in [0.25, 0.3) is 0 Å². The molecule has 0 bridgehead atoms. The van der Waals surface area contributed by atoms with Crippen LogP contribution in [-0.4, -0.2) is 21.5 Å². The normalized spacial score (nSPS) is 16.1. The van der Waals surface area contributed by atoms with Crippen molar-refractivity contribution < 1.29 is 4.79 Å². The number of hydrogen-bond acceptors (Lipinski definition) is 2. The molecule has 0 aliphatic rings. The summed E-state index contributed by atoms with van der Waals surface area (Å²) in [5.74, 6) is 0.640. The third kappa shape index (κ3) is 4.17. The lowest BCUT2D eigenvalue weighted by Crippen LogP contribution is -2.39. The predicted octanol–water partition coefficient (Wildman–Crippen LogP) is 2.15. The van der Waals surface area contributed by atoms with Gasteiger partial charge in [0, 0.05) is 31.6 Å². The molecule has 0 aliphatic heterocycles. The number of carbonyl (C=O) groups excluding carboxylic acids is 1. The SMILES string of the molecule is CCC(C)C(C)C(=O)NC(C)Cc1cn(C)cn1. The fraction of sp³-hybridized carbons (Fsp3) is 0.714. The molecule has 0 fully saturated rings. The molecule has 102 valence electrons. The van der Waals surface area contributed by atoms with Crippen molar-refractivity contribution in [3.63, 3.8) is 0 Å². The van der Waals surface area contributed by atoms with Crippen molar-refractivity contribution >= 4 is 5.91 Å². The van der Waals surface area contributed by atoms with Crippen LogP contribution < -0.4 is 5.32 Å². The number of hydrogen-bond donors (Lipinski definition) is 1. The Morgan fingerprint density at radius 2 is 2.11 bits per heavy atom. The van der Waals surface area contributed by atoms with Gasteiger partial charge in [-0.05, 0) is 12.8 Å². The van der Waals surface area contributed by atoms with Crippen molar-refractivity contribution in [1.82, 2.24) is 14.9 Å². The molecule has 1 rings (SSSR count). The maximum atomic E-state index is 12.0. The van der Waals surface area contributed by atoms with E-state index < -0.39 is 0 Å². The first-order chi connectivity index (χ1) is 8.43. The molecule has 1 N–H and O–H groups in total. The first kappa shape index (κ1) is 14.7. The molecule has 4 heteroatoms. The van der Waals surface area contributed by atoms with Crippen LogP contribution >= 0.6 is 0 Å². The minimum atomic E-state index is 0.0705. The highest BCUT2D eigenvalue weighted by atomic mass is 16.1. The van der Waals surface area contributed by atoms with Gasteiger partial charge in [-0.1, -0.05) is 27.2 Å². The number of nitrogens with zero attached hydrogens (tertiary/aromatic N) is 2. The van der Waals surface area contributed by atoms with Gasteiger partial charge in [-0.2, -0.15) is 0 Å². The monoisotopic (exact) mass is 251 g/mol. The van der Waals surface area contributed by atoms with Crippen molar-refractivity contribution in [3.05, 3.63) is 18.2 Å². The Labute approximate surface area is 110 Å². The van der Waals surface area contributed by atoms with E-state index in [2.05, 4.69) is 24.1 Å². The lowest BCUT2D eigenvalue weighted by molar-refractivity contribution is -0.126. The van der Waals surface area contributed by atoms with Crippen molar-refractivity contribution in [2.75, 3.05) is 0 Å². The standard InChI is InChI=1S/C14H25N3O/c1-6-10(2)12(4)14(18)16-11(3)7-13-8-17(5)9-15-13/h8-12H,6-7H2,1-5H3,(H,16,18). The van der Waals surface area contributed by atoms with Gasteiger partial charge in [-0.3, -0.25) is 4.79 Å². The van der Waals surface area contributed by atoms with Crippen LogP contribution in [0.4, 0.5) is 0 Å². The third-order valence-corrected chi connectivity index (χ3v) is 3.57. The minimum Gasteiger partial charge on any atom is -0.353 e. The van der Waals surface area contributed by atoms with Gasteiger partial charge in [-0.25, -0.2) is 4.98 Å². The molecule has 18 heavy (non-hydrogen) atoms. The second kappa shape index (κ2) is 6.57. The Bertz CT molecular complexity index is 386. The molecule has 0 saturated heterocycles. The van der Waals surface area contributed by atoms with Gasteiger partial charge in [0.15, 0.2) is 0 Å². The summed E-state index contributed by atoms with van der Waals surface area (Å²) in [5.41, 5.74) is 1.02. The lowest BCUT2D eigenvalue weighted by atomic mass is 9.92. The highest BCUT2D eigenvalue weighted by Crippen LogP contribution is 2.14. The topological polar surface area (TPSA) is 46.9 Å². The van der Waals surface area contributed by atoms with E-state index in [4.69, 9.17) is 0 Å². The smallest absolute Gasteiger partial charge is 0.223 e. The summed E-state index contributed by atoms with van der Waals surface area (Å²) in [6.45, 7) is 8.26. The zero-order valence-corrected chi connectivity index (χ0v) is 12.1. The van der Waals surface area contributed by atoms with Crippen LogP contribution in [-0.2, 0) is 18.3 Å². The number of rotatable bonds is 6. The van der Waals surface area contributed by atoms with Crippen molar-refractivity contribution in [1.29, 1.82) is 0 Å². The molecule has 3 unspecified atom stereocenters. The first-order valence-electron chi connectivity index (χ1n) is 6.71. The number of aryl methyl sites for hydroxylation is 1. The van der Waals surface area contributed by atoms with E-state index in [1.54, 1.807) is 6.33 Å². The molecule has 1 heterocycles. The van der Waals surface area contributed by atoms with Crippen LogP contribution in [0.1, 0.15) is 39.8 Å². The molecule has 1 aromatic rings. The highest BCUT2D eigenvalue weighted by Gasteiger charge is 2.20. The number of imidazole rings is 1. The summed E-state index contributed by atoms with van der Waals surface area (Å²) >= 11 is 0. The summed E-state index contributed by atoms with van der Waals surface area (Å²) in [7, 11) is 1.95. The molecule has 0 aliphatic carbocycles. The third-order valence-electron chi connectivity index (χ3n) is 3.57. The summed E-state index contributed by atoms with van der Waals surface area (Å²) in [6.07, 6.45) is 5.58. The van der Waals surface area contributed by atoms with Gasteiger partial charge < -0.3 is 9.88 Å². The Kier molecular flexibility index (Phi) is 5.38. The van der Waals surface area contributed by atoms with Crippen molar-refractivity contribution in [3.8, 4) is 0 Å². The number of amides is 1. The second-order valence-corrected chi connectivity index (χ2v) is 5.32. The molecule has 0 spiro atoms. The minimum absolute atomic E-state index is 0.0705. The van der Waals surface area contributed by atoms with E-state index in [0.717, 1.165) is 18.5 Å². The van der Waals surface area contributed by atoms with Crippen LogP contribution in [0, 0.1) is 11.8 Å². The van der Waals surface area contributed by atoms with E-state index >= 15 is 0 Å². The molecule has 0 saturated carbocycles. The van der Waals surface area contributed by atoms with Gasteiger partial charge in [0.2, 0.25) is 5.91 Å². The maximum Gasteiger partial charge on any atom is 0.223 e. The van der Waals surface area contributed by atoms with Crippen molar-refractivity contribution in [2.45, 2.75) is 46.6 Å². The van der Waals surface area contributed by atoms with Gasteiger partial charge in [0.1, 0.15) is 0 Å². The van der Waals surface area contributed by atoms with Gasteiger partial charge in [-0.15, -0.1) is 0 Å². The molecule has 3 atom stereocenters. The summed E-state index contributed by atoms with van der Waals surface area (Å²) < 4.78 is 1.92. The average Bonchev–Trinajstić information content (AvgIpc) is 2.72. The van der Waals surface area contributed by atoms with Crippen LogP contribution in [0.15, 0.2) is 12.5 Å². The Balaban J connectivity index is 2.44. The highest BCUT2D eigenvalue weighted by molar-refractivity contribution is 5.78. The molecule has 1 amide bonds. The fourth-order valence-corrected chi connectivity index (χ4v) is 1.92. The quantitative estimate of drug-likeness (QED) is 0.842. The van der Waals surface area contributed by atoms with E-state index in [-0.39, 0.29) is 17.9 Å². The van der Waals surface area contributed by atoms with E-state index in [0.29, 0.717) is 5.92 Å². The van der Waals surface area contributed by atoms with Crippen LogP contribution in [0.2, 0.25) is 0 Å². The van der Waals surface area contributed by atoms with Gasteiger partial charge in [0.25, 0.3) is 0 Å². The number of nitrogens with one attached hydrogen (secondary N) is 1. The van der Waals surface area contributed by atoms with Crippen LogP contribution in [0.5, 0.6) is 0 Å². The predicted molar refractivity (Wildman–Crippen MR) is 73.1 cm³/mol. The zero-order valence-electron chi connectivity index (χ0n) is 12.1. The van der Waals surface area contributed by atoms with Crippen LogP contribution in [0.3, 0.4) is 0 Å². The average molecular weight is 251 g/mol. The second-order valence-electron chi connectivity index (χ2n) is 5.32. The Morgan fingerprint density at radius 3 is 2.61 bits per heavy atom. The van der Waals surface area contributed by atoms with E-state index in [1.165, 1.54) is 0 Å². The molecule has 1 aromatic heterocycles. The first-order valence-corrected chi connectivity index (χ1v) is 6.71. The summed E-state index contributed by atoms with van der Waals surface area (Å²) in [4.78, 5) is 16.3. The zero-order chi connectivity index (χ0) is 13.7.